The molecule has 0 fully saturated rings. The van der Waals surface area contributed by atoms with Crippen molar-refractivity contribution in [3.8, 4) is 0 Å². The summed E-state index contributed by atoms with van der Waals surface area (Å²) in [6.07, 6.45) is 6.15. The van der Waals surface area contributed by atoms with E-state index >= 15 is 0 Å². The minimum atomic E-state index is 0.297. The summed E-state index contributed by atoms with van der Waals surface area (Å²) in [5, 5.41) is 3.70. The molecule has 2 aromatic rings. The Morgan fingerprint density at radius 1 is 1.15 bits per heavy atom. The van der Waals surface area contributed by atoms with Gasteiger partial charge in [-0.25, -0.2) is 0 Å². The van der Waals surface area contributed by atoms with Crippen LogP contribution in [0.4, 0.5) is 0 Å². The molecule has 2 heteroatoms. The van der Waals surface area contributed by atoms with Crippen LogP contribution in [0.2, 0.25) is 0 Å². The van der Waals surface area contributed by atoms with Gasteiger partial charge in [-0.15, -0.1) is 0 Å². The number of fused-ring (bicyclic) bond motifs is 1. The molecule has 1 unspecified atom stereocenters. The summed E-state index contributed by atoms with van der Waals surface area (Å²) >= 11 is 0. The largest absolute Gasteiger partial charge is 0.306 e. The average molecular weight is 266 g/mol. The molecular formula is C18H22N2. The Morgan fingerprint density at radius 3 is 2.70 bits per heavy atom. The second kappa shape index (κ2) is 5.37. The molecule has 20 heavy (non-hydrogen) atoms. The zero-order valence-corrected chi connectivity index (χ0v) is 12.3. The van der Waals surface area contributed by atoms with E-state index < -0.39 is 0 Å². The lowest BCUT2D eigenvalue weighted by Crippen LogP contribution is -2.32. The van der Waals surface area contributed by atoms with E-state index in [0.717, 1.165) is 6.54 Å². The summed E-state index contributed by atoms with van der Waals surface area (Å²) in [6, 6.07) is 13.5. The quantitative estimate of drug-likeness (QED) is 0.908. The van der Waals surface area contributed by atoms with Crippen LogP contribution in [-0.2, 0) is 12.0 Å². The van der Waals surface area contributed by atoms with E-state index in [9.17, 15) is 0 Å². The van der Waals surface area contributed by atoms with Gasteiger partial charge in [-0.05, 0) is 47.1 Å². The van der Waals surface area contributed by atoms with Gasteiger partial charge in [-0.3, -0.25) is 4.98 Å². The Labute approximate surface area is 121 Å². The monoisotopic (exact) mass is 266 g/mol. The molecule has 2 nitrogen and oxygen atoms in total. The summed E-state index contributed by atoms with van der Waals surface area (Å²) in [5.74, 6) is 0. The van der Waals surface area contributed by atoms with Crippen molar-refractivity contribution in [2.75, 3.05) is 0 Å². The Morgan fingerprint density at radius 2 is 1.90 bits per heavy atom. The Hall–Kier alpha value is -1.67. The summed E-state index contributed by atoms with van der Waals surface area (Å²) in [6.45, 7) is 5.61. The molecule has 0 saturated carbocycles. The molecule has 0 saturated heterocycles. The smallest absolute Gasteiger partial charge is 0.0326 e. The van der Waals surface area contributed by atoms with Crippen LogP contribution in [0.5, 0.6) is 0 Å². The molecule has 1 aliphatic carbocycles. The highest BCUT2D eigenvalue weighted by molar-refractivity contribution is 5.38. The van der Waals surface area contributed by atoms with Crippen molar-refractivity contribution < 1.29 is 0 Å². The third-order valence-electron chi connectivity index (χ3n) is 4.43. The molecular weight excluding hydrogens is 244 g/mol. The molecule has 1 aliphatic rings. The van der Waals surface area contributed by atoms with E-state index in [-0.39, 0.29) is 0 Å². The number of benzene rings is 1. The van der Waals surface area contributed by atoms with Gasteiger partial charge in [0.1, 0.15) is 0 Å². The highest BCUT2D eigenvalue weighted by Gasteiger charge is 2.31. The molecule has 0 amide bonds. The van der Waals surface area contributed by atoms with Crippen molar-refractivity contribution in [1.29, 1.82) is 0 Å². The SMILES string of the molecule is CC1(C)CCC(NCc2ccncc2)c2ccccc21. The number of aromatic nitrogens is 1. The highest BCUT2D eigenvalue weighted by atomic mass is 14.9. The second-order valence-corrected chi connectivity index (χ2v) is 6.30. The molecule has 0 radical (unpaired) electrons. The number of hydrogen-bond donors (Lipinski definition) is 1. The van der Waals surface area contributed by atoms with Crippen LogP contribution in [-0.4, -0.2) is 4.98 Å². The number of rotatable bonds is 3. The van der Waals surface area contributed by atoms with Gasteiger partial charge in [0.2, 0.25) is 0 Å². The standard InChI is InChI=1S/C18H22N2/c1-18(2)10-7-17(15-5-3-4-6-16(15)18)20-13-14-8-11-19-12-9-14/h3-6,8-9,11-12,17,20H,7,10,13H2,1-2H3. The first-order chi connectivity index (χ1) is 9.67. The van der Waals surface area contributed by atoms with Crippen LogP contribution in [0.25, 0.3) is 0 Å². The average Bonchev–Trinajstić information content (AvgIpc) is 2.48. The fourth-order valence-corrected chi connectivity index (χ4v) is 3.17. The zero-order chi connectivity index (χ0) is 14.0. The normalized spacial score (nSPS) is 20.4. The van der Waals surface area contributed by atoms with Crippen molar-refractivity contribution >= 4 is 0 Å². The van der Waals surface area contributed by atoms with E-state index in [1.807, 2.05) is 12.4 Å². The maximum Gasteiger partial charge on any atom is 0.0326 e. The van der Waals surface area contributed by atoms with Crippen LogP contribution >= 0.6 is 0 Å². The van der Waals surface area contributed by atoms with Gasteiger partial charge in [0.25, 0.3) is 0 Å². The van der Waals surface area contributed by atoms with Crippen molar-refractivity contribution in [2.45, 2.75) is 44.7 Å². The Balaban J connectivity index is 1.79. The van der Waals surface area contributed by atoms with Gasteiger partial charge < -0.3 is 5.32 Å². The van der Waals surface area contributed by atoms with Crippen LogP contribution < -0.4 is 5.32 Å². The molecule has 1 N–H and O–H groups in total. The predicted molar refractivity (Wildman–Crippen MR) is 82.5 cm³/mol. The minimum Gasteiger partial charge on any atom is -0.306 e. The summed E-state index contributed by atoms with van der Waals surface area (Å²) < 4.78 is 0. The maximum atomic E-state index is 4.07. The van der Waals surface area contributed by atoms with E-state index in [2.05, 4.69) is 60.5 Å². The number of hydrogen-bond acceptors (Lipinski definition) is 2. The first-order valence-electron chi connectivity index (χ1n) is 7.38. The molecule has 0 bridgehead atoms. The molecule has 1 atom stereocenters. The van der Waals surface area contributed by atoms with Crippen LogP contribution in [0.15, 0.2) is 48.8 Å². The van der Waals surface area contributed by atoms with E-state index in [4.69, 9.17) is 0 Å². The van der Waals surface area contributed by atoms with Gasteiger partial charge in [-0.2, -0.15) is 0 Å². The molecule has 104 valence electrons. The number of pyridine rings is 1. The highest BCUT2D eigenvalue weighted by Crippen LogP contribution is 2.41. The Kier molecular flexibility index (Phi) is 3.58. The number of nitrogens with one attached hydrogen (secondary N) is 1. The third-order valence-corrected chi connectivity index (χ3v) is 4.43. The first-order valence-corrected chi connectivity index (χ1v) is 7.38. The zero-order valence-electron chi connectivity index (χ0n) is 12.3. The van der Waals surface area contributed by atoms with E-state index in [1.165, 1.54) is 29.5 Å². The lowest BCUT2D eigenvalue weighted by Gasteiger charge is -2.37. The number of nitrogens with zero attached hydrogens (tertiary/aromatic N) is 1. The van der Waals surface area contributed by atoms with Crippen molar-refractivity contribution in [2.24, 2.45) is 0 Å². The molecule has 3 rings (SSSR count). The van der Waals surface area contributed by atoms with Gasteiger partial charge >= 0.3 is 0 Å². The van der Waals surface area contributed by atoms with Gasteiger partial charge in [0, 0.05) is 25.0 Å². The summed E-state index contributed by atoms with van der Waals surface area (Å²) in [7, 11) is 0. The molecule has 0 spiro atoms. The van der Waals surface area contributed by atoms with Crippen molar-refractivity contribution in [3.63, 3.8) is 0 Å². The third kappa shape index (κ3) is 2.61. The van der Waals surface area contributed by atoms with E-state index in [1.54, 1.807) is 0 Å². The summed E-state index contributed by atoms with van der Waals surface area (Å²) in [4.78, 5) is 4.07. The lowest BCUT2D eigenvalue weighted by molar-refractivity contribution is 0.357. The lowest BCUT2D eigenvalue weighted by atomic mass is 9.71. The van der Waals surface area contributed by atoms with Gasteiger partial charge in [0.05, 0.1) is 0 Å². The van der Waals surface area contributed by atoms with Crippen LogP contribution in [0.3, 0.4) is 0 Å². The fraction of sp³-hybridized carbons (Fsp3) is 0.389. The van der Waals surface area contributed by atoms with Crippen molar-refractivity contribution in [1.82, 2.24) is 10.3 Å². The van der Waals surface area contributed by atoms with Crippen molar-refractivity contribution in [3.05, 3.63) is 65.5 Å². The first kappa shape index (κ1) is 13.3. The second-order valence-electron chi connectivity index (χ2n) is 6.30. The van der Waals surface area contributed by atoms with Crippen LogP contribution in [0, 0.1) is 0 Å². The predicted octanol–water partition coefficient (Wildman–Crippen LogP) is 3.98. The molecule has 1 aromatic heterocycles. The molecule has 1 aromatic carbocycles. The molecule has 1 heterocycles. The Bertz CT molecular complexity index is 575. The van der Waals surface area contributed by atoms with Gasteiger partial charge in [-0.1, -0.05) is 38.1 Å². The minimum absolute atomic E-state index is 0.297. The fourth-order valence-electron chi connectivity index (χ4n) is 3.17. The maximum absolute atomic E-state index is 4.07. The van der Waals surface area contributed by atoms with Crippen LogP contribution in [0.1, 0.15) is 49.4 Å². The topological polar surface area (TPSA) is 24.9 Å². The van der Waals surface area contributed by atoms with Gasteiger partial charge in [0.15, 0.2) is 0 Å². The van der Waals surface area contributed by atoms with E-state index in [0.29, 0.717) is 11.5 Å². The summed E-state index contributed by atoms with van der Waals surface area (Å²) in [5.41, 5.74) is 4.56. The molecule has 0 aliphatic heterocycles.